The second-order valence-corrected chi connectivity index (χ2v) is 6.50. The number of esters is 1. The normalized spacial score (nSPS) is 11.1. The average molecular weight is 418 g/mol. The van der Waals surface area contributed by atoms with Gasteiger partial charge in [0.25, 0.3) is 11.8 Å². The minimum Gasteiger partial charge on any atom is -0.454 e. The fourth-order valence-electron chi connectivity index (χ4n) is 2.32. The summed E-state index contributed by atoms with van der Waals surface area (Å²) in [6.45, 7) is 2.28. The Labute approximate surface area is 172 Å². The first-order chi connectivity index (χ1) is 13.8. The molecule has 29 heavy (non-hydrogen) atoms. The van der Waals surface area contributed by atoms with Crippen LogP contribution in [0, 0.1) is 0 Å². The molecule has 0 saturated carbocycles. The molecule has 0 fully saturated rings. The van der Waals surface area contributed by atoms with Gasteiger partial charge in [-0.2, -0.15) is 0 Å². The topological polar surface area (TPSA) is 114 Å². The van der Waals surface area contributed by atoms with Crippen LogP contribution in [-0.4, -0.2) is 36.3 Å². The summed E-state index contributed by atoms with van der Waals surface area (Å²) in [4.78, 5) is 47.2. The van der Waals surface area contributed by atoms with Gasteiger partial charge in [0.2, 0.25) is 5.91 Å². The summed E-state index contributed by atoms with van der Waals surface area (Å²) >= 11 is 5.95. The van der Waals surface area contributed by atoms with Gasteiger partial charge in [-0.05, 0) is 37.3 Å². The number of nitrogens with one attached hydrogen (secondary N) is 3. The third-order valence-corrected chi connectivity index (χ3v) is 3.96. The van der Waals surface area contributed by atoms with Crippen LogP contribution in [0.3, 0.4) is 0 Å². The molecule has 3 N–H and O–H groups in total. The van der Waals surface area contributed by atoms with Gasteiger partial charge in [0.1, 0.15) is 6.04 Å². The van der Waals surface area contributed by atoms with E-state index in [-0.39, 0.29) is 16.5 Å². The lowest BCUT2D eigenvalue weighted by Crippen LogP contribution is -2.40. The first-order valence-electron chi connectivity index (χ1n) is 8.66. The van der Waals surface area contributed by atoms with Crippen LogP contribution in [0.2, 0.25) is 5.02 Å². The highest BCUT2D eigenvalue weighted by atomic mass is 35.5. The van der Waals surface area contributed by atoms with Crippen LogP contribution in [0.25, 0.3) is 0 Å². The van der Waals surface area contributed by atoms with Crippen LogP contribution in [0.1, 0.15) is 24.2 Å². The number of carbonyl (C=O) groups is 4. The second kappa shape index (κ2) is 10.2. The summed E-state index contributed by atoms with van der Waals surface area (Å²) in [6, 6.07) is 11.9. The summed E-state index contributed by atoms with van der Waals surface area (Å²) in [6.07, 6.45) is 0. The van der Waals surface area contributed by atoms with E-state index in [0.717, 1.165) is 0 Å². The smallest absolute Gasteiger partial charge is 0.328 e. The van der Waals surface area contributed by atoms with Crippen LogP contribution in [0.5, 0.6) is 0 Å². The highest BCUT2D eigenvalue weighted by Gasteiger charge is 2.20. The van der Waals surface area contributed by atoms with Gasteiger partial charge in [0.05, 0.1) is 10.6 Å². The van der Waals surface area contributed by atoms with E-state index in [1.54, 1.807) is 42.5 Å². The zero-order chi connectivity index (χ0) is 21.4. The Morgan fingerprint density at radius 3 is 2.31 bits per heavy atom. The molecule has 0 unspecified atom stereocenters. The number of benzene rings is 2. The van der Waals surface area contributed by atoms with E-state index in [1.807, 2.05) is 0 Å². The monoisotopic (exact) mass is 417 g/mol. The first-order valence-corrected chi connectivity index (χ1v) is 9.03. The van der Waals surface area contributed by atoms with Gasteiger partial charge in [-0.15, -0.1) is 0 Å². The van der Waals surface area contributed by atoms with Crippen molar-refractivity contribution in [2.24, 2.45) is 0 Å². The Hall–Kier alpha value is -3.39. The quantitative estimate of drug-likeness (QED) is 0.599. The molecule has 2 aromatic carbocycles. The van der Waals surface area contributed by atoms with Crippen molar-refractivity contribution in [1.29, 1.82) is 0 Å². The van der Waals surface area contributed by atoms with Crippen LogP contribution >= 0.6 is 11.6 Å². The van der Waals surface area contributed by atoms with Gasteiger partial charge in [-0.1, -0.05) is 29.8 Å². The van der Waals surface area contributed by atoms with Crippen molar-refractivity contribution < 1.29 is 23.9 Å². The van der Waals surface area contributed by atoms with Crippen LogP contribution in [0.4, 0.5) is 11.4 Å². The molecule has 0 radical (unpaired) electrons. The molecular weight excluding hydrogens is 398 g/mol. The number of rotatable bonds is 7. The molecule has 0 aliphatic rings. The molecule has 0 bridgehead atoms. The molecule has 152 valence electrons. The number of halogens is 1. The summed E-state index contributed by atoms with van der Waals surface area (Å²) in [7, 11) is 0. The third kappa shape index (κ3) is 6.93. The zero-order valence-electron chi connectivity index (χ0n) is 15.8. The maximum atomic E-state index is 12.2. The summed E-state index contributed by atoms with van der Waals surface area (Å²) in [5, 5.41) is 7.87. The Bertz CT molecular complexity index is 932. The lowest BCUT2D eigenvalue weighted by atomic mass is 10.2. The Morgan fingerprint density at radius 2 is 1.66 bits per heavy atom. The lowest BCUT2D eigenvalue weighted by molar-refractivity contribution is -0.148. The van der Waals surface area contributed by atoms with Gasteiger partial charge in [-0.25, -0.2) is 4.79 Å². The van der Waals surface area contributed by atoms with E-state index < -0.39 is 30.4 Å². The van der Waals surface area contributed by atoms with Crippen molar-refractivity contribution in [3.63, 3.8) is 0 Å². The van der Waals surface area contributed by atoms with Crippen molar-refractivity contribution >= 4 is 46.7 Å². The predicted molar refractivity (Wildman–Crippen MR) is 109 cm³/mol. The first kappa shape index (κ1) is 21.9. The van der Waals surface area contributed by atoms with Crippen molar-refractivity contribution in [3.05, 3.63) is 59.1 Å². The van der Waals surface area contributed by atoms with Gasteiger partial charge in [-0.3, -0.25) is 14.4 Å². The average Bonchev–Trinajstić information content (AvgIpc) is 2.66. The number of hydrogen-bond acceptors (Lipinski definition) is 5. The molecule has 2 aromatic rings. The summed E-state index contributed by atoms with van der Waals surface area (Å²) < 4.78 is 4.93. The third-order valence-electron chi connectivity index (χ3n) is 3.63. The Balaban J connectivity index is 1.83. The molecule has 0 aliphatic heterocycles. The summed E-state index contributed by atoms with van der Waals surface area (Å²) in [5.74, 6) is -2.11. The molecule has 8 nitrogen and oxygen atoms in total. The lowest BCUT2D eigenvalue weighted by Gasteiger charge is -2.14. The van der Waals surface area contributed by atoms with E-state index in [1.165, 1.54) is 19.9 Å². The number of ether oxygens (including phenoxy) is 1. The van der Waals surface area contributed by atoms with Crippen LogP contribution in [-0.2, 0) is 19.1 Å². The molecule has 0 aliphatic carbocycles. The van der Waals surface area contributed by atoms with Crippen molar-refractivity contribution in [1.82, 2.24) is 5.32 Å². The van der Waals surface area contributed by atoms with Gasteiger partial charge < -0.3 is 20.7 Å². The van der Waals surface area contributed by atoms with E-state index in [9.17, 15) is 19.2 Å². The molecule has 0 heterocycles. The minimum atomic E-state index is -0.977. The Morgan fingerprint density at radius 1 is 1.00 bits per heavy atom. The molecule has 0 saturated heterocycles. The number of hydrogen-bond donors (Lipinski definition) is 3. The molecule has 9 heteroatoms. The van der Waals surface area contributed by atoms with Crippen molar-refractivity contribution in [2.45, 2.75) is 19.9 Å². The highest BCUT2D eigenvalue weighted by molar-refractivity contribution is 6.33. The SMILES string of the molecule is CC(=O)Nc1cccc(NC(=O)COC(=O)[C@H](C)NC(=O)c2ccccc2Cl)c1. The predicted octanol–water partition coefficient (Wildman–Crippen LogP) is 2.60. The van der Waals surface area contributed by atoms with Gasteiger partial charge in [0, 0.05) is 18.3 Å². The molecule has 2 rings (SSSR count). The van der Waals surface area contributed by atoms with E-state index in [0.29, 0.717) is 11.4 Å². The van der Waals surface area contributed by atoms with Gasteiger partial charge >= 0.3 is 5.97 Å². The van der Waals surface area contributed by atoms with E-state index >= 15 is 0 Å². The summed E-state index contributed by atoms with van der Waals surface area (Å²) in [5.41, 5.74) is 1.17. The second-order valence-electron chi connectivity index (χ2n) is 6.09. The molecule has 1 atom stereocenters. The Kier molecular flexibility index (Phi) is 7.73. The molecule has 0 aromatic heterocycles. The molecule has 3 amide bonds. The number of anilines is 2. The minimum absolute atomic E-state index is 0.227. The maximum absolute atomic E-state index is 12.2. The number of amides is 3. The van der Waals surface area contributed by atoms with Crippen molar-refractivity contribution in [2.75, 3.05) is 17.2 Å². The fraction of sp³-hybridized carbons (Fsp3) is 0.200. The number of carbonyl (C=O) groups excluding carboxylic acids is 4. The van der Waals surface area contributed by atoms with Gasteiger partial charge in [0.15, 0.2) is 6.61 Å². The largest absolute Gasteiger partial charge is 0.454 e. The zero-order valence-corrected chi connectivity index (χ0v) is 16.6. The maximum Gasteiger partial charge on any atom is 0.328 e. The fourth-order valence-corrected chi connectivity index (χ4v) is 2.54. The van der Waals surface area contributed by atoms with Crippen LogP contribution in [0.15, 0.2) is 48.5 Å². The van der Waals surface area contributed by atoms with Crippen LogP contribution < -0.4 is 16.0 Å². The molecular formula is C20H20ClN3O5. The van der Waals surface area contributed by atoms with Crippen molar-refractivity contribution in [3.8, 4) is 0 Å². The standard InChI is InChI=1S/C20H20ClN3O5/c1-12(22-19(27)16-8-3-4-9-17(16)21)20(28)29-11-18(26)24-15-7-5-6-14(10-15)23-13(2)25/h3-10,12H,11H2,1-2H3,(H,22,27)(H,23,25)(H,24,26)/t12-/m0/s1. The molecule has 0 spiro atoms. The van der Waals surface area contributed by atoms with E-state index in [4.69, 9.17) is 16.3 Å². The highest BCUT2D eigenvalue weighted by Crippen LogP contribution is 2.16. The van der Waals surface area contributed by atoms with E-state index in [2.05, 4.69) is 16.0 Å².